The van der Waals surface area contributed by atoms with Crippen LogP contribution >= 0.6 is 0 Å². The summed E-state index contributed by atoms with van der Waals surface area (Å²) in [4.78, 5) is 21.2. The molecule has 0 fully saturated rings. The highest BCUT2D eigenvalue weighted by Gasteiger charge is 2.12. The van der Waals surface area contributed by atoms with E-state index in [9.17, 15) is 4.79 Å². The van der Waals surface area contributed by atoms with Gasteiger partial charge < -0.3 is 9.30 Å². The Morgan fingerprint density at radius 2 is 1.88 bits per heavy atom. The second-order valence-electron chi connectivity index (χ2n) is 6.53. The third-order valence-electron chi connectivity index (χ3n) is 4.50. The molecule has 132 valence electrons. The third-order valence-corrected chi connectivity index (χ3v) is 4.50. The molecule has 4 aromatic rings. The van der Waals surface area contributed by atoms with Gasteiger partial charge in [0.25, 0.3) is 0 Å². The molecule has 0 spiro atoms. The van der Waals surface area contributed by atoms with Gasteiger partial charge in [-0.25, -0.2) is 9.97 Å². The first-order chi connectivity index (χ1) is 12.5. The topological polar surface area (TPSA) is 61.4 Å². The van der Waals surface area contributed by atoms with Gasteiger partial charge in [0, 0.05) is 28.8 Å². The number of nitrogens with zero attached hydrogens (tertiary/aromatic N) is 4. The van der Waals surface area contributed by atoms with E-state index >= 15 is 0 Å². The van der Waals surface area contributed by atoms with Gasteiger partial charge in [-0.2, -0.15) is 0 Å². The highest BCUT2D eigenvalue weighted by atomic mass is 16.5. The minimum absolute atomic E-state index is 0.138. The van der Waals surface area contributed by atoms with Crippen LogP contribution in [0, 0.1) is 20.8 Å². The summed E-state index contributed by atoms with van der Waals surface area (Å²) in [5.74, 6) is 0.341. The Morgan fingerprint density at radius 3 is 2.73 bits per heavy atom. The summed E-state index contributed by atoms with van der Waals surface area (Å²) in [7, 11) is 0. The van der Waals surface area contributed by atoms with Crippen LogP contribution in [0.4, 0.5) is 0 Å². The van der Waals surface area contributed by atoms with Gasteiger partial charge in [0.1, 0.15) is 13.2 Å². The quantitative estimate of drug-likeness (QED) is 0.531. The van der Waals surface area contributed by atoms with Crippen LogP contribution in [0.1, 0.15) is 22.8 Å². The molecule has 4 rings (SSSR count). The van der Waals surface area contributed by atoms with Crippen molar-refractivity contribution in [3.8, 4) is 0 Å². The zero-order valence-electron chi connectivity index (χ0n) is 15.1. The summed E-state index contributed by atoms with van der Waals surface area (Å²) in [6.45, 7) is 6.25. The van der Waals surface area contributed by atoms with Crippen LogP contribution in [-0.4, -0.2) is 24.9 Å². The Labute approximate surface area is 151 Å². The van der Waals surface area contributed by atoms with Gasteiger partial charge in [-0.1, -0.05) is 18.2 Å². The van der Waals surface area contributed by atoms with Crippen molar-refractivity contribution in [1.29, 1.82) is 0 Å². The second-order valence-corrected chi connectivity index (χ2v) is 6.53. The largest absolute Gasteiger partial charge is 0.458 e. The molecule has 0 radical (unpaired) electrons. The van der Waals surface area contributed by atoms with E-state index in [0.717, 1.165) is 28.0 Å². The first-order valence-corrected chi connectivity index (χ1v) is 8.54. The molecule has 6 nitrogen and oxygen atoms in total. The zero-order valence-corrected chi connectivity index (χ0v) is 15.1. The number of hydrogen-bond acceptors (Lipinski definition) is 4. The molecule has 0 aliphatic heterocycles. The van der Waals surface area contributed by atoms with Crippen molar-refractivity contribution in [2.75, 3.05) is 0 Å². The number of para-hydroxylation sites is 1. The molecular formula is C20H20N4O2. The fourth-order valence-electron chi connectivity index (χ4n) is 3.28. The lowest BCUT2D eigenvalue weighted by atomic mass is 10.2. The summed E-state index contributed by atoms with van der Waals surface area (Å²) in [5.41, 5.74) is 4.72. The van der Waals surface area contributed by atoms with Crippen molar-refractivity contribution in [1.82, 2.24) is 18.9 Å². The van der Waals surface area contributed by atoms with Gasteiger partial charge in [0.05, 0.1) is 5.69 Å². The smallest absolute Gasteiger partial charge is 0.326 e. The lowest BCUT2D eigenvalue weighted by Gasteiger charge is -2.08. The number of esters is 1. The molecule has 0 atom stereocenters. The van der Waals surface area contributed by atoms with Gasteiger partial charge in [-0.3, -0.25) is 9.20 Å². The van der Waals surface area contributed by atoms with E-state index in [0.29, 0.717) is 11.5 Å². The lowest BCUT2D eigenvalue weighted by Crippen LogP contribution is -2.14. The summed E-state index contributed by atoms with van der Waals surface area (Å²) < 4.78 is 9.31. The van der Waals surface area contributed by atoms with Gasteiger partial charge in [-0.05, 0) is 44.4 Å². The maximum atomic E-state index is 12.3. The average Bonchev–Trinajstić information content (AvgIpc) is 3.14. The fraction of sp³-hybridized carbons (Fsp3) is 0.250. The molecule has 0 saturated heterocycles. The van der Waals surface area contributed by atoms with Crippen molar-refractivity contribution in [2.24, 2.45) is 0 Å². The molecule has 1 aromatic carbocycles. The predicted molar refractivity (Wildman–Crippen MR) is 98.9 cm³/mol. The van der Waals surface area contributed by atoms with Crippen molar-refractivity contribution >= 4 is 22.6 Å². The van der Waals surface area contributed by atoms with Crippen molar-refractivity contribution in [3.63, 3.8) is 0 Å². The first kappa shape index (κ1) is 16.3. The number of aromatic nitrogens is 4. The SMILES string of the molecule is Cc1cc(C)n2cc(COC(=O)Cn3c(C)cc4ccccc43)nc2n1. The summed E-state index contributed by atoms with van der Waals surface area (Å²) >= 11 is 0. The van der Waals surface area contributed by atoms with Crippen LogP contribution in [0.3, 0.4) is 0 Å². The minimum Gasteiger partial charge on any atom is -0.458 e. The van der Waals surface area contributed by atoms with Crippen LogP contribution in [0.15, 0.2) is 42.6 Å². The summed E-state index contributed by atoms with van der Waals surface area (Å²) in [6, 6.07) is 12.1. The van der Waals surface area contributed by atoms with E-state index in [1.165, 1.54) is 0 Å². The number of benzene rings is 1. The van der Waals surface area contributed by atoms with Crippen LogP contribution < -0.4 is 0 Å². The highest BCUT2D eigenvalue weighted by Crippen LogP contribution is 2.19. The number of fused-ring (bicyclic) bond motifs is 2. The molecule has 0 aliphatic rings. The van der Waals surface area contributed by atoms with E-state index in [-0.39, 0.29) is 19.1 Å². The third kappa shape index (κ3) is 2.94. The van der Waals surface area contributed by atoms with Gasteiger partial charge >= 0.3 is 5.97 Å². The van der Waals surface area contributed by atoms with E-state index < -0.39 is 0 Å². The normalized spacial score (nSPS) is 11.3. The standard InChI is InChI=1S/C20H20N4O2/c1-13-8-14(2)24-10-17(22-20(24)21-13)12-26-19(25)11-23-15(3)9-16-6-4-5-7-18(16)23/h4-10H,11-12H2,1-3H3. The van der Waals surface area contributed by atoms with Crippen molar-refractivity contribution in [2.45, 2.75) is 33.9 Å². The van der Waals surface area contributed by atoms with Crippen molar-refractivity contribution < 1.29 is 9.53 Å². The van der Waals surface area contributed by atoms with Crippen LogP contribution in [-0.2, 0) is 22.7 Å². The summed E-state index contributed by atoms with van der Waals surface area (Å²) in [5, 5.41) is 1.12. The molecule has 0 saturated carbocycles. The Morgan fingerprint density at radius 1 is 1.08 bits per heavy atom. The number of imidazole rings is 1. The predicted octanol–water partition coefficient (Wildman–Crippen LogP) is 3.35. The Bertz CT molecular complexity index is 1120. The molecule has 0 bridgehead atoms. The fourth-order valence-corrected chi connectivity index (χ4v) is 3.28. The van der Waals surface area contributed by atoms with E-state index in [4.69, 9.17) is 4.74 Å². The van der Waals surface area contributed by atoms with Crippen LogP contribution in [0.5, 0.6) is 0 Å². The van der Waals surface area contributed by atoms with Crippen LogP contribution in [0.25, 0.3) is 16.7 Å². The Hall–Kier alpha value is -3.15. The lowest BCUT2D eigenvalue weighted by molar-refractivity contribution is -0.145. The highest BCUT2D eigenvalue weighted by molar-refractivity contribution is 5.83. The Balaban J connectivity index is 1.49. The molecular weight excluding hydrogens is 328 g/mol. The number of carbonyl (C=O) groups is 1. The minimum atomic E-state index is -0.285. The maximum Gasteiger partial charge on any atom is 0.326 e. The molecule has 0 N–H and O–H groups in total. The molecule has 0 amide bonds. The van der Waals surface area contributed by atoms with E-state index in [1.54, 1.807) is 0 Å². The van der Waals surface area contributed by atoms with Gasteiger partial charge in [-0.15, -0.1) is 0 Å². The molecule has 3 aromatic heterocycles. The van der Waals surface area contributed by atoms with Gasteiger partial charge in [0.2, 0.25) is 5.78 Å². The molecule has 6 heteroatoms. The first-order valence-electron chi connectivity index (χ1n) is 8.54. The molecule has 3 heterocycles. The number of carbonyl (C=O) groups excluding carboxylic acids is 1. The molecule has 26 heavy (non-hydrogen) atoms. The van der Waals surface area contributed by atoms with E-state index in [2.05, 4.69) is 16.0 Å². The van der Waals surface area contributed by atoms with Crippen molar-refractivity contribution in [3.05, 3.63) is 65.4 Å². The van der Waals surface area contributed by atoms with E-state index in [1.807, 2.05) is 66.3 Å². The van der Waals surface area contributed by atoms with Crippen LogP contribution in [0.2, 0.25) is 0 Å². The molecule has 0 aliphatic carbocycles. The second kappa shape index (κ2) is 6.29. The number of rotatable bonds is 4. The number of hydrogen-bond donors (Lipinski definition) is 0. The monoisotopic (exact) mass is 348 g/mol. The molecule has 0 unspecified atom stereocenters. The number of aryl methyl sites for hydroxylation is 3. The number of ether oxygens (including phenoxy) is 1. The Kier molecular flexibility index (Phi) is 3.95. The maximum absolute atomic E-state index is 12.3. The summed E-state index contributed by atoms with van der Waals surface area (Å²) in [6.07, 6.45) is 1.86. The average molecular weight is 348 g/mol. The van der Waals surface area contributed by atoms with Gasteiger partial charge in [0.15, 0.2) is 0 Å². The zero-order chi connectivity index (χ0) is 18.3.